The summed E-state index contributed by atoms with van der Waals surface area (Å²) >= 11 is 0. The molecule has 0 spiro atoms. The summed E-state index contributed by atoms with van der Waals surface area (Å²) in [7, 11) is 0. The second-order valence-electron chi connectivity index (χ2n) is 7.61. The topological polar surface area (TPSA) is 29.1 Å². The van der Waals surface area contributed by atoms with E-state index >= 15 is 0 Å². The molecule has 2 heteroatoms. The lowest BCUT2D eigenvalue weighted by Crippen LogP contribution is -2.43. The summed E-state index contributed by atoms with van der Waals surface area (Å²) in [6, 6.07) is 14.3. The number of nitrogens with one attached hydrogen (secondary N) is 1. The lowest BCUT2D eigenvalue weighted by Gasteiger charge is -2.39. The predicted octanol–water partition coefficient (Wildman–Crippen LogP) is 4.78. The molecule has 0 radical (unpaired) electrons. The molecule has 3 rings (SSSR count). The van der Waals surface area contributed by atoms with E-state index in [-0.39, 0.29) is 11.9 Å². The van der Waals surface area contributed by atoms with E-state index in [1.165, 1.54) is 6.42 Å². The van der Waals surface area contributed by atoms with Gasteiger partial charge in [-0.05, 0) is 47.4 Å². The average molecular weight is 295 g/mol. The standard InChI is InChI=1S/C20H25NO/c1-14-11-16(13-20(2,3)12-14)21-19(22)18-10-6-8-15-7-4-5-9-17(15)18/h4-10,14,16H,11-13H2,1-3H3,(H,21,22)/t14-,16+/m0/s1. The Morgan fingerprint density at radius 1 is 1.09 bits per heavy atom. The van der Waals surface area contributed by atoms with Gasteiger partial charge in [-0.2, -0.15) is 0 Å². The van der Waals surface area contributed by atoms with Crippen molar-refractivity contribution in [2.24, 2.45) is 11.3 Å². The van der Waals surface area contributed by atoms with Gasteiger partial charge in [0, 0.05) is 11.6 Å². The molecule has 2 nitrogen and oxygen atoms in total. The van der Waals surface area contributed by atoms with Crippen molar-refractivity contribution in [1.29, 1.82) is 0 Å². The molecule has 0 bridgehead atoms. The summed E-state index contributed by atoms with van der Waals surface area (Å²) < 4.78 is 0. The fourth-order valence-electron chi connectivity index (χ4n) is 4.14. The van der Waals surface area contributed by atoms with Gasteiger partial charge in [0.25, 0.3) is 5.91 Å². The molecule has 1 aliphatic carbocycles. The summed E-state index contributed by atoms with van der Waals surface area (Å²) in [6.45, 7) is 6.90. The third-order valence-electron chi connectivity index (χ3n) is 4.76. The van der Waals surface area contributed by atoms with Crippen LogP contribution in [0.25, 0.3) is 10.8 Å². The molecule has 22 heavy (non-hydrogen) atoms. The monoisotopic (exact) mass is 295 g/mol. The Balaban J connectivity index is 1.82. The van der Waals surface area contributed by atoms with Crippen LogP contribution in [-0.4, -0.2) is 11.9 Å². The molecule has 1 N–H and O–H groups in total. The zero-order chi connectivity index (χ0) is 15.7. The van der Waals surface area contributed by atoms with Crippen molar-refractivity contribution < 1.29 is 4.79 Å². The Hall–Kier alpha value is -1.83. The number of hydrogen-bond donors (Lipinski definition) is 1. The highest BCUT2D eigenvalue weighted by molar-refractivity contribution is 6.07. The molecule has 0 saturated heterocycles. The molecule has 0 aliphatic heterocycles. The van der Waals surface area contributed by atoms with Crippen LogP contribution in [-0.2, 0) is 0 Å². The van der Waals surface area contributed by atoms with Gasteiger partial charge in [-0.3, -0.25) is 4.79 Å². The van der Waals surface area contributed by atoms with E-state index < -0.39 is 0 Å². The average Bonchev–Trinajstić information content (AvgIpc) is 2.44. The van der Waals surface area contributed by atoms with Crippen LogP contribution in [0.3, 0.4) is 0 Å². The van der Waals surface area contributed by atoms with Crippen LogP contribution in [0.4, 0.5) is 0 Å². The lowest BCUT2D eigenvalue weighted by atomic mass is 9.70. The van der Waals surface area contributed by atoms with Crippen molar-refractivity contribution in [3.8, 4) is 0 Å². The molecule has 2 aromatic carbocycles. The van der Waals surface area contributed by atoms with Gasteiger partial charge >= 0.3 is 0 Å². The molecule has 0 heterocycles. The predicted molar refractivity (Wildman–Crippen MR) is 92.0 cm³/mol. The highest BCUT2D eigenvalue weighted by Crippen LogP contribution is 2.38. The normalized spacial score (nSPS) is 24.1. The maximum atomic E-state index is 12.7. The largest absolute Gasteiger partial charge is 0.349 e. The van der Waals surface area contributed by atoms with Crippen molar-refractivity contribution in [3.63, 3.8) is 0 Å². The van der Waals surface area contributed by atoms with Gasteiger partial charge < -0.3 is 5.32 Å². The summed E-state index contributed by atoms with van der Waals surface area (Å²) in [6.07, 6.45) is 3.39. The SMILES string of the molecule is C[C@H]1C[C@@H](NC(=O)c2cccc3ccccc23)CC(C)(C)C1. The van der Waals surface area contributed by atoms with Gasteiger partial charge in [-0.1, -0.05) is 57.2 Å². The third-order valence-corrected chi connectivity index (χ3v) is 4.76. The van der Waals surface area contributed by atoms with Gasteiger partial charge in [0.1, 0.15) is 0 Å². The molecule has 2 aromatic rings. The first-order valence-electron chi connectivity index (χ1n) is 8.23. The number of fused-ring (bicyclic) bond motifs is 1. The number of rotatable bonds is 2. The lowest BCUT2D eigenvalue weighted by molar-refractivity contribution is 0.0876. The van der Waals surface area contributed by atoms with E-state index in [0.717, 1.165) is 29.2 Å². The van der Waals surface area contributed by atoms with Gasteiger partial charge in [-0.25, -0.2) is 0 Å². The minimum absolute atomic E-state index is 0.0618. The second kappa shape index (κ2) is 5.75. The Bertz CT molecular complexity index is 684. The molecule has 1 aliphatic rings. The quantitative estimate of drug-likeness (QED) is 0.848. The van der Waals surface area contributed by atoms with E-state index in [1.54, 1.807) is 0 Å². The highest BCUT2D eigenvalue weighted by atomic mass is 16.1. The molecule has 0 aromatic heterocycles. The van der Waals surface area contributed by atoms with Crippen molar-refractivity contribution in [3.05, 3.63) is 48.0 Å². The number of carbonyl (C=O) groups excluding carboxylic acids is 1. The van der Waals surface area contributed by atoms with Crippen LogP contribution in [0.2, 0.25) is 0 Å². The van der Waals surface area contributed by atoms with Crippen LogP contribution in [0.5, 0.6) is 0 Å². The van der Waals surface area contributed by atoms with Gasteiger partial charge in [-0.15, -0.1) is 0 Å². The molecule has 116 valence electrons. The Morgan fingerprint density at radius 2 is 1.82 bits per heavy atom. The minimum atomic E-state index is 0.0618. The number of amides is 1. The van der Waals surface area contributed by atoms with Crippen LogP contribution in [0.15, 0.2) is 42.5 Å². The molecule has 1 saturated carbocycles. The van der Waals surface area contributed by atoms with E-state index in [0.29, 0.717) is 11.3 Å². The zero-order valence-corrected chi connectivity index (χ0v) is 13.7. The molecule has 2 atom stereocenters. The Labute approximate surface area is 132 Å². The van der Waals surface area contributed by atoms with Crippen molar-refractivity contribution in [1.82, 2.24) is 5.32 Å². The molecular formula is C20H25NO. The number of carbonyl (C=O) groups is 1. The fourth-order valence-corrected chi connectivity index (χ4v) is 4.14. The van der Waals surface area contributed by atoms with Gasteiger partial charge in [0.2, 0.25) is 0 Å². The second-order valence-corrected chi connectivity index (χ2v) is 7.61. The van der Waals surface area contributed by atoms with Crippen LogP contribution in [0, 0.1) is 11.3 Å². The smallest absolute Gasteiger partial charge is 0.252 e. The van der Waals surface area contributed by atoms with Crippen molar-refractivity contribution in [2.75, 3.05) is 0 Å². The summed E-state index contributed by atoms with van der Waals surface area (Å²) in [5.41, 5.74) is 1.10. The Kier molecular flexibility index (Phi) is 3.94. The summed E-state index contributed by atoms with van der Waals surface area (Å²) in [4.78, 5) is 12.7. The highest BCUT2D eigenvalue weighted by Gasteiger charge is 2.32. The van der Waals surface area contributed by atoms with E-state index in [4.69, 9.17) is 0 Å². The first-order valence-corrected chi connectivity index (χ1v) is 8.23. The fraction of sp³-hybridized carbons (Fsp3) is 0.450. The summed E-state index contributed by atoms with van der Waals surface area (Å²) in [5.74, 6) is 0.730. The number of hydrogen-bond acceptors (Lipinski definition) is 1. The summed E-state index contributed by atoms with van der Waals surface area (Å²) in [5, 5.41) is 5.43. The van der Waals surface area contributed by atoms with E-state index in [9.17, 15) is 4.79 Å². The van der Waals surface area contributed by atoms with Crippen LogP contribution in [0.1, 0.15) is 50.4 Å². The van der Waals surface area contributed by atoms with Crippen molar-refractivity contribution >= 4 is 16.7 Å². The van der Waals surface area contributed by atoms with Crippen LogP contribution < -0.4 is 5.32 Å². The number of benzene rings is 2. The zero-order valence-electron chi connectivity index (χ0n) is 13.7. The van der Waals surface area contributed by atoms with Gasteiger partial charge in [0.05, 0.1) is 0 Å². The minimum Gasteiger partial charge on any atom is -0.349 e. The van der Waals surface area contributed by atoms with Crippen molar-refractivity contribution in [2.45, 2.75) is 46.1 Å². The molecular weight excluding hydrogens is 270 g/mol. The first-order chi connectivity index (χ1) is 10.4. The Morgan fingerprint density at radius 3 is 2.59 bits per heavy atom. The third kappa shape index (κ3) is 3.16. The molecule has 0 unspecified atom stereocenters. The molecule has 1 amide bonds. The molecule has 1 fully saturated rings. The van der Waals surface area contributed by atoms with E-state index in [1.807, 2.05) is 30.3 Å². The maximum Gasteiger partial charge on any atom is 0.252 e. The van der Waals surface area contributed by atoms with E-state index in [2.05, 4.69) is 38.2 Å². The first kappa shape index (κ1) is 15.1. The van der Waals surface area contributed by atoms with Crippen LogP contribution >= 0.6 is 0 Å². The maximum absolute atomic E-state index is 12.7. The van der Waals surface area contributed by atoms with Gasteiger partial charge in [0.15, 0.2) is 0 Å².